The molecule has 2 aromatic heterocycles. The number of nitrogens with zero attached hydrogens (tertiary/aromatic N) is 3. The Hall–Kier alpha value is -3.80. The number of rotatable bonds is 7. The number of nitrogens with one attached hydrogen (secondary N) is 1. The first kappa shape index (κ1) is 23.4. The number of aliphatic hydroxyl groups is 1. The van der Waals surface area contributed by atoms with Gasteiger partial charge in [-0.25, -0.2) is 9.97 Å². The second-order valence-electron chi connectivity index (χ2n) is 8.10. The number of carbonyl (C=O) groups excluding carboxylic acids is 1. The van der Waals surface area contributed by atoms with Gasteiger partial charge < -0.3 is 19.9 Å². The molecule has 174 valence electrons. The van der Waals surface area contributed by atoms with Crippen molar-refractivity contribution in [1.29, 1.82) is 5.26 Å². The van der Waals surface area contributed by atoms with Crippen LogP contribution in [-0.2, 0) is 4.74 Å². The molecule has 0 radical (unpaired) electrons. The maximum atomic E-state index is 12.7. The van der Waals surface area contributed by atoms with Crippen LogP contribution < -0.4 is 10.1 Å². The van der Waals surface area contributed by atoms with E-state index in [1.54, 1.807) is 6.07 Å². The summed E-state index contributed by atoms with van der Waals surface area (Å²) in [7, 11) is 0. The van der Waals surface area contributed by atoms with Gasteiger partial charge in [-0.15, -0.1) is 0 Å². The number of nitriles is 1. The normalized spacial score (nSPS) is 13.8. The number of anilines is 1. The molecular formula is C26H26N4O4. The highest BCUT2D eigenvalue weighted by Crippen LogP contribution is 2.34. The molecule has 1 aliphatic heterocycles. The van der Waals surface area contributed by atoms with Gasteiger partial charge in [-0.05, 0) is 66.8 Å². The van der Waals surface area contributed by atoms with Crippen molar-refractivity contribution in [2.45, 2.75) is 25.7 Å². The van der Waals surface area contributed by atoms with Gasteiger partial charge in [0.25, 0.3) is 5.91 Å². The van der Waals surface area contributed by atoms with E-state index in [0.29, 0.717) is 30.3 Å². The molecule has 1 aliphatic rings. The van der Waals surface area contributed by atoms with Gasteiger partial charge in [0.15, 0.2) is 0 Å². The van der Waals surface area contributed by atoms with Crippen molar-refractivity contribution in [3.8, 4) is 23.1 Å². The van der Waals surface area contributed by atoms with Crippen molar-refractivity contribution in [3.63, 3.8) is 0 Å². The maximum Gasteiger partial charge on any atom is 0.255 e. The Morgan fingerprint density at radius 3 is 2.82 bits per heavy atom. The van der Waals surface area contributed by atoms with Gasteiger partial charge in [0.1, 0.15) is 18.4 Å². The van der Waals surface area contributed by atoms with Crippen LogP contribution in [0.2, 0.25) is 0 Å². The molecule has 3 heterocycles. The van der Waals surface area contributed by atoms with E-state index in [-0.39, 0.29) is 30.7 Å². The Labute approximate surface area is 198 Å². The third-order valence-electron chi connectivity index (χ3n) is 5.75. The van der Waals surface area contributed by atoms with Crippen LogP contribution in [0.5, 0.6) is 5.88 Å². The van der Waals surface area contributed by atoms with Crippen LogP contribution in [0, 0.1) is 18.3 Å². The van der Waals surface area contributed by atoms with Crippen molar-refractivity contribution in [2.75, 3.05) is 31.7 Å². The van der Waals surface area contributed by atoms with E-state index >= 15 is 0 Å². The van der Waals surface area contributed by atoms with Crippen LogP contribution in [0.4, 0.5) is 5.69 Å². The van der Waals surface area contributed by atoms with Crippen molar-refractivity contribution < 1.29 is 19.4 Å². The molecule has 3 aromatic rings. The molecule has 0 aliphatic carbocycles. The van der Waals surface area contributed by atoms with E-state index < -0.39 is 0 Å². The van der Waals surface area contributed by atoms with E-state index in [1.165, 1.54) is 12.3 Å². The number of benzene rings is 1. The van der Waals surface area contributed by atoms with Gasteiger partial charge in [-0.2, -0.15) is 5.26 Å². The zero-order chi connectivity index (χ0) is 23.9. The number of aliphatic hydroxyl groups excluding tert-OH is 1. The number of pyridine rings is 2. The first-order chi connectivity index (χ1) is 16.6. The minimum Gasteiger partial charge on any atom is -0.475 e. The molecule has 8 nitrogen and oxygen atoms in total. The summed E-state index contributed by atoms with van der Waals surface area (Å²) in [6.07, 6.45) is 3.22. The number of carbonyl (C=O) groups is 1. The Bertz CT molecular complexity index is 1220. The zero-order valence-electron chi connectivity index (χ0n) is 19.0. The number of amides is 1. The highest BCUT2D eigenvalue weighted by atomic mass is 16.5. The lowest BCUT2D eigenvalue weighted by molar-refractivity contribution is 0.0843. The Morgan fingerprint density at radius 2 is 2.06 bits per heavy atom. The molecule has 1 amide bonds. The van der Waals surface area contributed by atoms with Crippen molar-refractivity contribution >= 4 is 11.6 Å². The van der Waals surface area contributed by atoms with Gasteiger partial charge >= 0.3 is 0 Å². The van der Waals surface area contributed by atoms with E-state index in [1.807, 2.05) is 37.3 Å². The lowest BCUT2D eigenvalue weighted by Crippen LogP contribution is -2.16. The molecule has 0 atom stereocenters. The first-order valence-electron chi connectivity index (χ1n) is 11.2. The van der Waals surface area contributed by atoms with E-state index in [4.69, 9.17) is 14.7 Å². The monoisotopic (exact) mass is 458 g/mol. The first-order valence-corrected chi connectivity index (χ1v) is 11.2. The van der Waals surface area contributed by atoms with E-state index in [2.05, 4.69) is 21.4 Å². The smallest absolute Gasteiger partial charge is 0.255 e. The highest BCUT2D eigenvalue weighted by Gasteiger charge is 2.20. The third-order valence-corrected chi connectivity index (χ3v) is 5.75. The van der Waals surface area contributed by atoms with Crippen LogP contribution in [-0.4, -0.2) is 47.4 Å². The lowest BCUT2D eigenvalue weighted by Gasteiger charge is -2.23. The predicted molar refractivity (Wildman–Crippen MR) is 127 cm³/mol. The van der Waals surface area contributed by atoms with E-state index in [0.717, 1.165) is 35.2 Å². The number of ether oxygens (including phenoxy) is 2. The Balaban J connectivity index is 1.65. The van der Waals surface area contributed by atoms with Crippen molar-refractivity contribution in [1.82, 2.24) is 9.97 Å². The standard InChI is InChI=1S/C26H26N4O4/c1-17-2-3-21(29-26(32)19-4-7-28-22(12-19)16-27)15-23(17)20-13-24(18-5-9-33-10-6-18)30-25(14-20)34-11-8-31/h2-4,7,12-15,18,31H,5-6,8-11H2,1H3,(H,29,32). The summed E-state index contributed by atoms with van der Waals surface area (Å²) in [5.41, 5.74) is 5.00. The van der Waals surface area contributed by atoms with Crippen LogP contribution in [0.15, 0.2) is 48.7 Å². The Morgan fingerprint density at radius 1 is 1.24 bits per heavy atom. The lowest BCUT2D eigenvalue weighted by atomic mass is 9.92. The van der Waals surface area contributed by atoms with Crippen molar-refractivity contribution in [2.24, 2.45) is 0 Å². The molecule has 1 fully saturated rings. The number of hydrogen-bond acceptors (Lipinski definition) is 7. The summed E-state index contributed by atoms with van der Waals surface area (Å²) in [4.78, 5) is 21.3. The van der Waals surface area contributed by atoms with Gasteiger partial charge in [0, 0.05) is 48.3 Å². The summed E-state index contributed by atoms with van der Waals surface area (Å²) in [5.74, 6) is 0.412. The predicted octanol–water partition coefficient (Wildman–Crippen LogP) is 3.84. The van der Waals surface area contributed by atoms with Gasteiger partial charge in [0.05, 0.1) is 6.61 Å². The molecule has 0 bridgehead atoms. The molecule has 2 N–H and O–H groups in total. The number of aromatic nitrogens is 2. The molecule has 0 saturated carbocycles. The van der Waals surface area contributed by atoms with Crippen LogP contribution in [0.1, 0.15) is 46.1 Å². The molecule has 0 spiro atoms. The van der Waals surface area contributed by atoms with Gasteiger partial charge in [-0.1, -0.05) is 6.07 Å². The number of aryl methyl sites for hydroxylation is 1. The van der Waals surface area contributed by atoms with E-state index in [9.17, 15) is 9.90 Å². The molecule has 0 unspecified atom stereocenters. The van der Waals surface area contributed by atoms with Crippen LogP contribution >= 0.6 is 0 Å². The summed E-state index contributed by atoms with van der Waals surface area (Å²) < 4.78 is 11.2. The topological polar surface area (TPSA) is 117 Å². The summed E-state index contributed by atoms with van der Waals surface area (Å²) in [6.45, 7) is 3.47. The minimum atomic E-state index is -0.321. The SMILES string of the molecule is Cc1ccc(NC(=O)c2ccnc(C#N)c2)cc1-c1cc(OCCO)nc(C2CCOCC2)c1. The van der Waals surface area contributed by atoms with Crippen molar-refractivity contribution in [3.05, 3.63) is 71.2 Å². The summed E-state index contributed by atoms with van der Waals surface area (Å²) >= 11 is 0. The largest absolute Gasteiger partial charge is 0.475 e. The van der Waals surface area contributed by atoms with Crippen LogP contribution in [0.25, 0.3) is 11.1 Å². The second-order valence-corrected chi connectivity index (χ2v) is 8.10. The zero-order valence-corrected chi connectivity index (χ0v) is 19.0. The molecule has 1 saturated heterocycles. The fourth-order valence-corrected chi connectivity index (χ4v) is 3.95. The van der Waals surface area contributed by atoms with Crippen LogP contribution in [0.3, 0.4) is 0 Å². The third kappa shape index (κ3) is 5.57. The maximum absolute atomic E-state index is 12.7. The minimum absolute atomic E-state index is 0.0957. The summed E-state index contributed by atoms with van der Waals surface area (Å²) in [6, 6.07) is 14.6. The average Bonchev–Trinajstić information content (AvgIpc) is 2.89. The highest BCUT2D eigenvalue weighted by molar-refractivity contribution is 6.04. The second kappa shape index (κ2) is 10.9. The fraction of sp³-hybridized carbons (Fsp3) is 0.308. The molecule has 4 rings (SSSR count). The molecule has 34 heavy (non-hydrogen) atoms. The molecule has 8 heteroatoms. The number of hydrogen-bond donors (Lipinski definition) is 2. The fourth-order valence-electron chi connectivity index (χ4n) is 3.95. The average molecular weight is 459 g/mol. The molecular weight excluding hydrogens is 432 g/mol. The summed E-state index contributed by atoms with van der Waals surface area (Å²) in [5, 5.41) is 21.1. The van der Waals surface area contributed by atoms with Gasteiger partial charge in [0.2, 0.25) is 5.88 Å². The quantitative estimate of drug-likeness (QED) is 0.552. The Kier molecular flexibility index (Phi) is 7.48. The molecule has 1 aromatic carbocycles. The van der Waals surface area contributed by atoms with Gasteiger partial charge in [-0.3, -0.25) is 4.79 Å².